The highest BCUT2D eigenvalue weighted by atomic mass is 32.2. The summed E-state index contributed by atoms with van der Waals surface area (Å²) in [6, 6.07) is 11.5. The van der Waals surface area contributed by atoms with Crippen LogP contribution in [-0.4, -0.2) is 31.2 Å². The molecule has 0 spiro atoms. The van der Waals surface area contributed by atoms with E-state index in [-0.39, 0.29) is 17.7 Å². The van der Waals surface area contributed by atoms with Crippen LogP contribution in [0, 0.1) is 0 Å². The first-order valence-electron chi connectivity index (χ1n) is 7.51. The molecule has 0 bridgehead atoms. The summed E-state index contributed by atoms with van der Waals surface area (Å²) in [5.41, 5.74) is 1.06. The molecule has 7 heteroatoms. The van der Waals surface area contributed by atoms with E-state index in [1.165, 1.54) is 11.8 Å². The van der Waals surface area contributed by atoms with Gasteiger partial charge < -0.3 is 9.88 Å². The number of carbonyl (C=O) groups is 1. The molecule has 0 aliphatic heterocycles. The number of hydrogen-bond donors (Lipinski definition) is 1. The van der Waals surface area contributed by atoms with Crippen LogP contribution in [-0.2, 0) is 11.3 Å². The average Bonchev–Trinajstić information content (AvgIpc) is 3.14. The first-order valence-corrected chi connectivity index (χ1v) is 8.49. The van der Waals surface area contributed by atoms with Crippen molar-refractivity contribution >= 4 is 17.7 Å². The summed E-state index contributed by atoms with van der Waals surface area (Å²) < 4.78 is 1.95. The van der Waals surface area contributed by atoms with Crippen molar-refractivity contribution in [2.45, 2.75) is 17.7 Å². The van der Waals surface area contributed by atoms with Crippen molar-refractivity contribution in [3.05, 3.63) is 73.1 Å². The van der Waals surface area contributed by atoms with Gasteiger partial charge >= 0.3 is 0 Å². The molecular weight excluding hydrogens is 322 g/mol. The van der Waals surface area contributed by atoms with E-state index in [0.29, 0.717) is 11.7 Å². The van der Waals surface area contributed by atoms with Gasteiger partial charge in [-0.15, -0.1) is 0 Å². The molecule has 0 aliphatic carbocycles. The average molecular weight is 339 g/mol. The number of imidazole rings is 1. The van der Waals surface area contributed by atoms with Gasteiger partial charge in [-0.3, -0.25) is 4.79 Å². The molecular formula is C17H17N5OS. The van der Waals surface area contributed by atoms with Gasteiger partial charge in [0.1, 0.15) is 0 Å². The Morgan fingerprint density at radius 2 is 1.92 bits per heavy atom. The fourth-order valence-electron chi connectivity index (χ4n) is 2.25. The van der Waals surface area contributed by atoms with Gasteiger partial charge in [0.05, 0.1) is 18.1 Å². The van der Waals surface area contributed by atoms with Crippen LogP contribution in [0.25, 0.3) is 0 Å². The quantitative estimate of drug-likeness (QED) is 0.528. The van der Waals surface area contributed by atoms with Gasteiger partial charge in [-0.25, -0.2) is 15.0 Å². The van der Waals surface area contributed by atoms with E-state index in [2.05, 4.69) is 20.3 Å². The second-order valence-electron chi connectivity index (χ2n) is 5.11. The smallest absolute Gasteiger partial charge is 0.231 e. The van der Waals surface area contributed by atoms with Crippen LogP contribution in [0.5, 0.6) is 0 Å². The van der Waals surface area contributed by atoms with Gasteiger partial charge in [0.15, 0.2) is 5.16 Å². The molecule has 0 saturated carbocycles. The van der Waals surface area contributed by atoms with Gasteiger partial charge in [-0.05, 0) is 11.6 Å². The number of aromatic nitrogens is 4. The monoisotopic (exact) mass is 339 g/mol. The van der Waals surface area contributed by atoms with Crippen LogP contribution in [0.2, 0.25) is 0 Å². The molecule has 6 nitrogen and oxygen atoms in total. The maximum absolute atomic E-state index is 12.3. The zero-order valence-electron chi connectivity index (χ0n) is 12.9. The molecule has 2 aromatic heterocycles. The summed E-state index contributed by atoms with van der Waals surface area (Å²) >= 11 is 1.32. The van der Waals surface area contributed by atoms with Gasteiger partial charge in [-0.1, -0.05) is 42.1 Å². The Balaban J connectivity index is 1.63. The molecule has 122 valence electrons. The maximum Gasteiger partial charge on any atom is 0.231 e. The fraction of sp³-hybridized carbons (Fsp3) is 0.176. The van der Waals surface area contributed by atoms with E-state index in [4.69, 9.17) is 0 Å². The lowest BCUT2D eigenvalue weighted by atomic mass is 10.1. The Morgan fingerprint density at radius 1 is 1.12 bits per heavy atom. The van der Waals surface area contributed by atoms with Crippen LogP contribution in [0.15, 0.2) is 72.7 Å². The first kappa shape index (κ1) is 16.2. The van der Waals surface area contributed by atoms with Crippen molar-refractivity contribution in [2.75, 3.05) is 5.75 Å². The van der Waals surface area contributed by atoms with Crippen molar-refractivity contribution in [3.63, 3.8) is 0 Å². The van der Waals surface area contributed by atoms with Crippen molar-refractivity contribution in [1.29, 1.82) is 0 Å². The highest BCUT2D eigenvalue weighted by Crippen LogP contribution is 2.16. The molecule has 0 fully saturated rings. The van der Waals surface area contributed by atoms with Crippen molar-refractivity contribution in [2.24, 2.45) is 0 Å². The highest BCUT2D eigenvalue weighted by Gasteiger charge is 2.15. The minimum absolute atomic E-state index is 0.0542. The zero-order chi connectivity index (χ0) is 16.6. The van der Waals surface area contributed by atoms with Gasteiger partial charge in [-0.2, -0.15) is 0 Å². The number of nitrogens with zero attached hydrogens (tertiary/aromatic N) is 4. The Hall–Kier alpha value is -2.67. The summed E-state index contributed by atoms with van der Waals surface area (Å²) in [5.74, 6) is 0.221. The zero-order valence-corrected chi connectivity index (χ0v) is 13.8. The minimum atomic E-state index is -0.120. The summed E-state index contributed by atoms with van der Waals surface area (Å²) in [5, 5.41) is 3.67. The number of thioether (sulfide) groups is 1. The fourth-order valence-corrected chi connectivity index (χ4v) is 2.87. The van der Waals surface area contributed by atoms with Gasteiger partial charge in [0, 0.05) is 31.3 Å². The summed E-state index contributed by atoms with van der Waals surface area (Å²) in [6.07, 6.45) is 8.69. The Kier molecular flexibility index (Phi) is 5.57. The lowest BCUT2D eigenvalue weighted by Crippen LogP contribution is -2.32. The highest BCUT2D eigenvalue weighted by molar-refractivity contribution is 7.99. The second kappa shape index (κ2) is 8.26. The number of rotatable bonds is 7. The van der Waals surface area contributed by atoms with Crippen LogP contribution >= 0.6 is 11.8 Å². The molecule has 0 aliphatic rings. The number of hydrogen-bond acceptors (Lipinski definition) is 5. The Bertz CT molecular complexity index is 749. The molecule has 3 rings (SSSR count). The van der Waals surface area contributed by atoms with Crippen molar-refractivity contribution in [1.82, 2.24) is 24.8 Å². The largest absolute Gasteiger partial charge is 0.347 e. The number of benzene rings is 1. The van der Waals surface area contributed by atoms with E-state index in [9.17, 15) is 4.79 Å². The molecule has 0 saturated heterocycles. The molecule has 1 amide bonds. The molecule has 1 atom stereocenters. The van der Waals surface area contributed by atoms with E-state index in [1.807, 2.05) is 41.1 Å². The molecule has 0 unspecified atom stereocenters. The molecule has 1 aromatic carbocycles. The molecule has 3 aromatic rings. The van der Waals surface area contributed by atoms with Crippen LogP contribution < -0.4 is 5.32 Å². The standard InChI is InChI=1S/C17H17N5OS/c23-16(12-24-17-19-7-4-8-20-17)21-15(11-22-10-9-18-13-22)14-5-2-1-3-6-14/h1-10,13,15H,11-12H2,(H,21,23)/t15-/m1/s1. The minimum Gasteiger partial charge on any atom is -0.347 e. The topological polar surface area (TPSA) is 72.7 Å². The van der Waals surface area contributed by atoms with Gasteiger partial charge in [0.25, 0.3) is 0 Å². The van der Waals surface area contributed by atoms with E-state index >= 15 is 0 Å². The van der Waals surface area contributed by atoms with Crippen molar-refractivity contribution in [3.8, 4) is 0 Å². The van der Waals surface area contributed by atoms with E-state index in [0.717, 1.165) is 5.56 Å². The lowest BCUT2D eigenvalue weighted by Gasteiger charge is -2.19. The summed E-state index contributed by atoms with van der Waals surface area (Å²) in [6.45, 7) is 0.627. The summed E-state index contributed by atoms with van der Waals surface area (Å²) in [4.78, 5) is 24.6. The van der Waals surface area contributed by atoms with E-state index < -0.39 is 0 Å². The third-order valence-corrected chi connectivity index (χ3v) is 4.24. The third-order valence-electron chi connectivity index (χ3n) is 3.36. The number of carbonyl (C=O) groups excluding carboxylic acids is 1. The number of nitrogens with one attached hydrogen (secondary N) is 1. The van der Waals surface area contributed by atoms with Gasteiger partial charge in [0.2, 0.25) is 5.91 Å². The molecule has 2 heterocycles. The predicted molar refractivity (Wildman–Crippen MR) is 92.3 cm³/mol. The van der Waals surface area contributed by atoms with Crippen LogP contribution in [0.3, 0.4) is 0 Å². The molecule has 0 radical (unpaired) electrons. The Morgan fingerprint density at radius 3 is 2.62 bits per heavy atom. The third kappa shape index (κ3) is 4.66. The van der Waals surface area contributed by atoms with Crippen molar-refractivity contribution < 1.29 is 4.79 Å². The van der Waals surface area contributed by atoms with Crippen LogP contribution in [0.1, 0.15) is 11.6 Å². The van der Waals surface area contributed by atoms with E-state index in [1.54, 1.807) is 31.0 Å². The Labute approximate surface area is 144 Å². The number of amides is 1. The van der Waals surface area contributed by atoms with Crippen LogP contribution in [0.4, 0.5) is 0 Å². The first-order chi connectivity index (χ1) is 11.8. The predicted octanol–water partition coefficient (Wildman–Crippen LogP) is 2.32. The molecule has 24 heavy (non-hydrogen) atoms. The normalized spacial score (nSPS) is 11.8. The lowest BCUT2D eigenvalue weighted by molar-refractivity contribution is -0.119. The maximum atomic E-state index is 12.3. The SMILES string of the molecule is O=C(CSc1ncccn1)N[C@H](Cn1ccnc1)c1ccccc1. The second-order valence-corrected chi connectivity index (χ2v) is 6.05. The molecule has 1 N–H and O–H groups in total. The summed E-state index contributed by atoms with van der Waals surface area (Å²) in [7, 11) is 0.